The maximum Gasteiger partial charge on any atom is 0.116 e. The fourth-order valence-corrected chi connectivity index (χ4v) is 1.69. The van der Waals surface area contributed by atoms with Crippen LogP contribution in [0.25, 0.3) is 0 Å². The van der Waals surface area contributed by atoms with Crippen molar-refractivity contribution in [3.63, 3.8) is 0 Å². The molecule has 3 N–H and O–H groups in total. The molecule has 1 atom stereocenters. The maximum atomic E-state index is 9.21. The van der Waals surface area contributed by atoms with E-state index < -0.39 is 5.44 Å². The first kappa shape index (κ1) is 10.1. The minimum atomic E-state index is -0.508. The summed E-state index contributed by atoms with van der Waals surface area (Å²) in [5, 5.41) is 9.21. The Labute approximate surface area is 84.3 Å². The summed E-state index contributed by atoms with van der Waals surface area (Å²) in [7, 11) is 0. The molecule has 0 aliphatic carbocycles. The number of halogens is 1. The fraction of sp³-hybridized carbons (Fsp3) is 0.250. The van der Waals surface area contributed by atoms with Crippen LogP contribution in [0.15, 0.2) is 33.6 Å². The molecule has 0 aliphatic heterocycles. The largest absolute Gasteiger partial charge is 0.381 e. The number of benzene rings is 1. The summed E-state index contributed by atoms with van der Waals surface area (Å²) >= 11 is 4.69. The van der Waals surface area contributed by atoms with E-state index in [2.05, 4.69) is 15.9 Å². The van der Waals surface area contributed by atoms with Crippen LogP contribution in [0.1, 0.15) is 0 Å². The summed E-state index contributed by atoms with van der Waals surface area (Å²) < 4.78 is 1.04. The zero-order chi connectivity index (χ0) is 8.97. The Morgan fingerprint density at radius 3 is 2.50 bits per heavy atom. The molecule has 4 heteroatoms. The summed E-state index contributed by atoms with van der Waals surface area (Å²) in [6.07, 6.45) is 0. The number of hydrogen-bond donors (Lipinski definition) is 2. The molecule has 1 aromatic carbocycles. The number of aliphatic hydroxyl groups is 1. The highest BCUT2D eigenvalue weighted by molar-refractivity contribution is 9.10. The monoisotopic (exact) mass is 247 g/mol. The second-order valence-corrected chi connectivity index (χ2v) is 4.43. The van der Waals surface area contributed by atoms with Crippen molar-refractivity contribution >= 4 is 27.7 Å². The normalized spacial score (nSPS) is 12.9. The molecule has 12 heavy (non-hydrogen) atoms. The van der Waals surface area contributed by atoms with Crippen LogP contribution in [0.3, 0.4) is 0 Å². The third-order valence-corrected chi connectivity index (χ3v) is 2.82. The lowest BCUT2D eigenvalue weighted by molar-refractivity contribution is 0.271. The lowest BCUT2D eigenvalue weighted by Crippen LogP contribution is -2.15. The van der Waals surface area contributed by atoms with Gasteiger partial charge < -0.3 is 10.8 Å². The van der Waals surface area contributed by atoms with Gasteiger partial charge in [-0.15, -0.1) is 0 Å². The Bertz CT molecular complexity index is 239. The van der Waals surface area contributed by atoms with Crippen LogP contribution in [-0.2, 0) is 0 Å². The lowest BCUT2D eigenvalue weighted by atomic mass is 10.4. The lowest BCUT2D eigenvalue weighted by Gasteiger charge is -2.06. The maximum absolute atomic E-state index is 9.21. The Balaban J connectivity index is 2.58. The molecule has 0 aromatic heterocycles. The van der Waals surface area contributed by atoms with Crippen LogP contribution in [0, 0.1) is 0 Å². The van der Waals surface area contributed by atoms with E-state index in [9.17, 15) is 5.11 Å². The number of thioether (sulfide) groups is 1. The smallest absolute Gasteiger partial charge is 0.116 e. The Kier molecular flexibility index (Phi) is 4.08. The molecule has 0 radical (unpaired) electrons. The van der Waals surface area contributed by atoms with E-state index in [1.807, 2.05) is 24.3 Å². The molecule has 0 aliphatic rings. The molecule has 0 heterocycles. The highest BCUT2D eigenvalue weighted by Crippen LogP contribution is 2.22. The summed E-state index contributed by atoms with van der Waals surface area (Å²) in [5.74, 6) is 0. The van der Waals surface area contributed by atoms with Crippen molar-refractivity contribution in [2.45, 2.75) is 10.3 Å². The van der Waals surface area contributed by atoms with E-state index in [-0.39, 0.29) is 6.54 Å². The molecule has 0 saturated heterocycles. The van der Waals surface area contributed by atoms with Gasteiger partial charge in [0.2, 0.25) is 0 Å². The third kappa shape index (κ3) is 3.15. The van der Waals surface area contributed by atoms with Crippen molar-refractivity contribution < 1.29 is 5.11 Å². The summed E-state index contributed by atoms with van der Waals surface area (Å²) in [6, 6.07) is 7.75. The Hall–Kier alpha value is -0.0300. The van der Waals surface area contributed by atoms with Crippen molar-refractivity contribution in [2.75, 3.05) is 6.54 Å². The summed E-state index contributed by atoms with van der Waals surface area (Å²) in [6.45, 7) is 0.279. The standard InChI is InChI=1S/C8H10BrNOS/c9-6-1-3-7(4-2-6)12-8(11)5-10/h1-4,8,11H,5,10H2. The molecule has 2 nitrogen and oxygen atoms in total. The van der Waals surface area contributed by atoms with Gasteiger partial charge in [0.05, 0.1) is 0 Å². The van der Waals surface area contributed by atoms with E-state index in [1.165, 1.54) is 11.8 Å². The van der Waals surface area contributed by atoms with Crippen molar-refractivity contribution in [3.8, 4) is 0 Å². The average Bonchev–Trinajstić information content (AvgIpc) is 2.09. The fourth-order valence-electron chi connectivity index (χ4n) is 0.718. The van der Waals surface area contributed by atoms with E-state index in [1.54, 1.807) is 0 Å². The van der Waals surface area contributed by atoms with Gasteiger partial charge in [0.1, 0.15) is 5.44 Å². The van der Waals surface area contributed by atoms with Crippen LogP contribution in [0.5, 0.6) is 0 Å². The topological polar surface area (TPSA) is 46.2 Å². The number of aliphatic hydroxyl groups excluding tert-OH is 1. The minimum Gasteiger partial charge on any atom is -0.381 e. The Morgan fingerprint density at radius 2 is 2.00 bits per heavy atom. The number of rotatable bonds is 3. The summed E-state index contributed by atoms with van der Waals surface area (Å²) in [5.41, 5.74) is 4.76. The second-order valence-electron chi connectivity index (χ2n) is 2.26. The SMILES string of the molecule is NCC(O)Sc1ccc(Br)cc1. The Morgan fingerprint density at radius 1 is 1.42 bits per heavy atom. The molecule has 0 amide bonds. The number of nitrogens with two attached hydrogens (primary N) is 1. The van der Waals surface area contributed by atoms with Crippen LogP contribution in [0.2, 0.25) is 0 Å². The highest BCUT2D eigenvalue weighted by Gasteiger charge is 2.02. The van der Waals surface area contributed by atoms with Gasteiger partial charge in [-0.3, -0.25) is 0 Å². The zero-order valence-corrected chi connectivity index (χ0v) is 8.81. The van der Waals surface area contributed by atoms with E-state index in [0.717, 1.165) is 9.37 Å². The quantitative estimate of drug-likeness (QED) is 0.633. The van der Waals surface area contributed by atoms with Gasteiger partial charge in [0.25, 0.3) is 0 Å². The molecule has 1 unspecified atom stereocenters. The molecule has 66 valence electrons. The van der Waals surface area contributed by atoms with Gasteiger partial charge in [-0.25, -0.2) is 0 Å². The molecular formula is C8H10BrNOS. The second kappa shape index (κ2) is 4.87. The van der Waals surface area contributed by atoms with Gasteiger partial charge in [0.15, 0.2) is 0 Å². The molecule has 0 bridgehead atoms. The average molecular weight is 248 g/mol. The van der Waals surface area contributed by atoms with Crippen molar-refractivity contribution in [1.29, 1.82) is 0 Å². The van der Waals surface area contributed by atoms with Crippen LogP contribution in [-0.4, -0.2) is 17.1 Å². The van der Waals surface area contributed by atoms with E-state index in [0.29, 0.717) is 0 Å². The van der Waals surface area contributed by atoms with Crippen LogP contribution in [0.4, 0.5) is 0 Å². The number of hydrogen-bond acceptors (Lipinski definition) is 3. The molecule has 0 saturated carbocycles. The van der Waals surface area contributed by atoms with Gasteiger partial charge in [-0.05, 0) is 24.3 Å². The predicted molar refractivity (Wildman–Crippen MR) is 55.1 cm³/mol. The molecule has 0 fully saturated rings. The van der Waals surface area contributed by atoms with E-state index >= 15 is 0 Å². The molecule has 0 spiro atoms. The van der Waals surface area contributed by atoms with Gasteiger partial charge >= 0.3 is 0 Å². The third-order valence-electron chi connectivity index (χ3n) is 1.29. The van der Waals surface area contributed by atoms with Gasteiger partial charge in [-0.2, -0.15) is 0 Å². The predicted octanol–water partition coefficient (Wildman–Crippen LogP) is 1.82. The van der Waals surface area contributed by atoms with Gasteiger partial charge in [-0.1, -0.05) is 27.7 Å². The first-order valence-corrected chi connectivity index (χ1v) is 5.20. The zero-order valence-electron chi connectivity index (χ0n) is 6.40. The van der Waals surface area contributed by atoms with Crippen LogP contribution >= 0.6 is 27.7 Å². The van der Waals surface area contributed by atoms with Crippen molar-refractivity contribution in [3.05, 3.63) is 28.7 Å². The van der Waals surface area contributed by atoms with Gasteiger partial charge in [0, 0.05) is 15.9 Å². The van der Waals surface area contributed by atoms with E-state index in [4.69, 9.17) is 5.73 Å². The first-order chi connectivity index (χ1) is 5.72. The molecule has 1 rings (SSSR count). The minimum absolute atomic E-state index is 0.279. The summed E-state index contributed by atoms with van der Waals surface area (Å²) in [4.78, 5) is 1.02. The molecular weight excluding hydrogens is 238 g/mol. The van der Waals surface area contributed by atoms with Crippen LogP contribution < -0.4 is 5.73 Å². The first-order valence-electron chi connectivity index (χ1n) is 3.52. The highest BCUT2D eigenvalue weighted by atomic mass is 79.9. The van der Waals surface area contributed by atoms with Crippen molar-refractivity contribution in [2.24, 2.45) is 5.73 Å². The molecule has 1 aromatic rings. The van der Waals surface area contributed by atoms with Crippen molar-refractivity contribution in [1.82, 2.24) is 0 Å².